The van der Waals surface area contributed by atoms with Crippen LogP contribution in [-0.2, 0) is 9.47 Å². The van der Waals surface area contributed by atoms with Crippen LogP contribution in [-0.4, -0.2) is 45.8 Å². The second-order valence-electron chi connectivity index (χ2n) is 4.88. The molecule has 0 aliphatic carbocycles. The first-order chi connectivity index (χ1) is 9.63. The summed E-state index contributed by atoms with van der Waals surface area (Å²) in [5, 5.41) is 11.6. The van der Waals surface area contributed by atoms with Gasteiger partial charge in [-0.25, -0.2) is 9.97 Å². The molecule has 1 fully saturated rings. The highest BCUT2D eigenvalue weighted by Crippen LogP contribution is 2.32. The van der Waals surface area contributed by atoms with E-state index in [0.717, 1.165) is 16.7 Å². The number of aliphatic hydroxyl groups excluding tert-OH is 1. The molecule has 7 heteroatoms. The number of ether oxygens (including phenoxy) is 2. The lowest BCUT2D eigenvalue weighted by molar-refractivity contribution is -0.215. The normalized spacial score (nSPS) is 27.1. The van der Waals surface area contributed by atoms with E-state index in [-0.39, 0.29) is 6.04 Å². The van der Waals surface area contributed by atoms with E-state index in [1.807, 2.05) is 17.6 Å². The molecule has 1 aliphatic heterocycles. The first-order valence-electron chi connectivity index (χ1n) is 6.44. The van der Waals surface area contributed by atoms with E-state index < -0.39 is 12.4 Å². The maximum atomic E-state index is 10.4. The summed E-state index contributed by atoms with van der Waals surface area (Å²) in [5.74, 6) is 0. The van der Waals surface area contributed by atoms with E-state index in [1.54, 1.807) is 0 Å². The summed E-state index contributed by atoms with van der Waals surface area (Å²) in [6.07, 6.45) is 0.743. The first-order valence-corrected chi connectivity index (χ1v) is 6.81. The van der Waals surface area contributed by atoms with Crippen LogP contribution >= 0.6 is 11.6 Å². The number of methoxy groups -OCH3 is 1. The minimum absolute atomic E-state index is 0.155. The van der Waals surface area contributed by atoms with Gasteiger partial charge in [0.15, 0.2) is 6.29 Å². The van der Waals surface area contributed by atoms with E-state index in [0.29, 0.717) is 18.2 Å². The van der Waals surface area contributed by atoms with Crippen molar-refractivity contribution in [2.75, 3.05) is 13.7 Å². The Morgan fingerprint density at radius 2 is 2.30 bits per heavy atom. The van der Waals surface area contributed by atoms with Crippen LogP contribution in [0.15, 0.2) is 12.4 Å². The highest BCUT2D eigenvalue weighted by Gasteiger charge is 2.35. The van der Waals surface area contributed by atoms with E-state index in [2.05, 4.69) is 9.97 Å². The average Bonchev–Trinajstić information content (AvgIpc) is 2.77. The van der Waals surface area contributed by atoms with Gasteiger partial charge in [-0.1, -0.05) is 11.6 Å². The van der Waals surface area contributed by atoms with Crippen molar-refractivity contribution in [3.05, 3.63) is 23.2 Å². The smallest absolute Gasteiger partial charge is 0.185 e. The van der Waals surface area contributed by atoms with Crippen molar-refractivity contribution in [1.29, 1.82) is 0 Å². The fourth-order valence-corrected chi connectivity index (χ4v) is 2.97. The lowest BCUT2D eigenvalue weighted by atomic mass is 10.0. The Morgan fingerprint density at radius 1 is 1.50 bits per heavy atom. The first kappa shape index (κ1) is 13.8. The molecule has 6 nitrogen and oxygen atoms in total. The molecule has 20 heavy (non-hydrogen) atoms. The van der Waals surface area contributed by atoms with Gasteiger partial charge in [0, 0.05) is 12.8 Å². The Kier molecular flexibility index (Phi) is 3.64. The molecule has 2 aromatic heterocycles. The van der Waals surface area contributed by atoms with Gasteiger partial charge in [-0.3, -0.25) is 0 Å². The van der Waals surface area contributed by atoms with Gasteiger partial charge < -0.3 is 19.1 Å². The number of aliphatic hydroxyl groups is 1. The quantitative estimate of drug-likeness (QED) is 0.854. The average molecular weight is 298 g/mol. The predicted molar refractivity (Wildman–Crippen MR) is 73.7 cm³/mol. The van der Waals surface area contributed by atoms with Crippen molar-refractivity contribution >= 4 is 22.6 Å². The summed E-state index contributed by atoms with van der Waals surface area (Å²) in [5.41, 5.74) is 1.70. The van der Waals surface area contributed by atoms with Gasteiger partial charge in [0.05, 0.1) is 18.0 Å². The van der Waals surface area contributed by atoms with Gasteiger partial charge in [0.2, 0.25) is 0 Å². The third kappa shape index (κ3) is 2.09. The zero-order valence-electron chi connectivity index (χ0n) is 11.3. The lowest BCUT2D eigenvalue weighted by Gasteiger charge is -2.35. The lowest BCUT2D eigenvalue weighted by Crippen LogP contribution is -2.43. The zero-order chi connectivity index (χ0) is 14.3. The topological polar surface area (TPSA) is 69.4 Å². The molecule has 0 amide bonds. The van der Waals surface area contributed by atoms with Gasteiger partial charge in [0.25, 0.3) is 0 Å². The molecule has 3 atom stereocenters. The molecule has 0 aromatic carbocycles. The Labute approximate surface area is 121 Å². The van der Waals surface area contributed by atoms with Crippen molar-refractivity contribution in [3.63, 3.8) is 0 Å². The minimum Gasteiger partial charge on any atom is -0.386 e. The van der Waals surface area contributed by atoms with Crippen LogP contribution in [0.4, 0.5) is 0 Å². The Morgan fingerprint density at radius 3 is 3.05 bits per heavy atom. The Balaban J connectivity index is 2.09. The van der Waals surface area contributed by atoms with Crippen LogP contribution in [0.3, 0.4) is 0 Å². The number of nitrogens with zero attached hydrogens (tertiary/aromatic N) is 3. The summed E-state index contributed by atoms with van der Waals surface area (Å²) < 4.78 is 12.6. The number of halogens is 1. The van der Waals surface area contributed by atoms with Crippen LogP contribution in [0.25, 0.3) is 11.0 Å². The van der Waals surface area contributed by atoms with Gasteiger partial charge in [-0.15, -0.1) is 0 Å². The molecule has 3 rings (SSSR count). The van der Waals surface area contributed by atoms with Crippen molar-refractivity contribution in [2.45, 2.75) is 31.8 Å². The summed E-state index contributed by atoms with van der Waals surface area (Å²) in [6.45, 7) is 2.49. The van der Waals surface area contributed by atoms with Crippen molar-refractivity contribution in [3.8, 4) is 0 Å². The second-order valence-corrected chi connectivity index (χ2v) is 5.24. The van der Waals surface area contributed by atoms with Crippen molar-refractivity contribution < 1.29 is 14.6 Å². The van der Waals surface area contributed by atoms with Crippen LogP contribution in [0.1, 0.15) is 18.2 Å². The summed E-state index contributed by atoms with van der Waals surface area (Å²) in [7, 11) is 1.52. The number of aromatic nitrogens is 3. The Hall–Kier alpha value is -1.21. The SMILES string of the molecule is CO[C@@H]1OCC[C@H](n2c(C)cc3c(Cl)ncnc32)[C@H]1O. The number of hydrogen-bond acceptors (Lipinski definition) is 5. The highest BCUT2D eigenvalue weighted by molar-refractivity contribution is 6.33. The van der Waals surface area contributed by atoms with Gasteiger partial charge in [0.1, 0.15) is 23.2 Å². The van der Waals surface area contributed by atoms with Gasteiger partial charge >= 0.3 is 0 Å². The fourth-order valence-electron chi connectivity index (χ4n) is 2.79. The molecule has 1 N–H and O–H groups in total. The third-order valence-electron chi connectivity index (χ3n) is 3.71. The molecule has 0 spiro atoms. The van der Waals surface area contributed by atoms with Crippen LogP contribution < -0.4 is 0 Å². The maximum absolute atomic E-state index is 10.4. The standard InChI is InChI=1S/C13H16ClN3O3/c1-7-5-8-11(14)15-6-16-12(8)17(7)9-3-4-20-13(19-2)10(9)18/h5-6,9-10,13,18H,3-4H2,1-2H3/t9-,10+,13+/m0/s1. The molecule has 0 radical (unpaired) electrons. The summed E-state index contributed by atoms with van der Waals surface area (Å²) >= 11 is 6.10. The van der Waals surface area contributed by atoms with E-state index >= 15 is 0 Å². The zero-order valence-corrected chi connectivity index (χ0v) is 12.0. The molecule has 1 saturated heterocycles. The molecular weight excluding hydrogens is 282 g/mol. The summed E-state index contributed by atoms with van der Waals surface area (Å²) in [4.78, 5) is 8.28. The Bertz CT molecular complexity index is 631. The van der Waals surface area contributed by atoms with Gasteiger partial charge in [-0.05, 0) is 19.4 Å². The number of hydrogen-bond donors (Lipinski definition) is 1. The molecule has 108 valence electrons. The van der Waals surface area contributed by atoms with Crippen molar-refractivity contribution in [1.82, 2.24) is 14.5 Å². The molecule has 0 bridgehead atoms. The molecule has 0 unspecified atom stereocenters. The van der Waals surface area contributed by atoms with Gasteiger partial charge in [-0.2, -0.15) is 0 Å². The largest absolute Gasteiger partial charge is 0.386 e. The molecule has 2 aromatic rings. The van der Waals surface area contributed by atoms with Crippen LogP contribution in [0, 0.1) is 6.92 Å². The second kappa shape index (κ2) is 5.29. The van der Waals surface area contributed by atoms with Crippen LogP contribution in [0.5, 0.6) is 0 Å². The fraction of sp³-hybridized carbons (Fsp3) is 0.538. The highest BCUT2D eigenvalue weighted by atomic mass is 35.5. The van der Waals surface area contributed by atoms with Crippen LogP contribution in [0.2, 0.25) is 5.15 Å². The van der Waals surface area contributed by atoms with Crippen molar-refractivity contribution in [2.24, 2.45) is 0 Å². The molecular formula is C13H16ClN3O3. The molecule has 1 aliphatic rings. The van der Waals surface area contributed by atoms with E-state index in [9.17, 15) is 5.11 Å². The monoisotopic (exact) mass is 297 g/mol. The maximum Gasteiger partial charge on any atom is 0.185 e. The molecule has 3 heterocycles. The minimum atomic E-state index is -0.753. The number of rotatable bonds is 2. The predicted octanol–water partition coefficient (Wildman–Crippen LogP) is 1.69. The molecule has 0 saturated carbocycles. The summed E-state index contributed by atoms with van der Waals surface area (Å²) in [6, 6.07) is 1.78. The number of aryl methyl sites for hydroxylation is 1. The third-order valence-corrected chi connectivity index (χ3v) is 4.01. The van der Waals surface area contributed by atoms with E-state index in [4.69, 9.17) is 21.1 Å². The number of fused-ring (bicyclic) bond motifs is 1. The van der Waals surface area contributed by atoms with E-state index in [1.165, 1.54) is 13.4 Å².